The van der Waals surface area contributed by atoms with Crippen LogP contribution in [0.2, 0.25) is 0 Å². The van der Waals surface area contributed by atoms with Crippen LogP contribution in [0.1, 0.15) is 62.8 Å². The van der Waals surface area contributed by atoms with Crippen LogP contribution >= 0.6 is 34.4 Å². The zero-order valence-corrected chi connectivity index (χ0v) is 22.3. The molecule has 9 nitrogen and oxygen atoms in total. The second kappa shape index (κ2) is 10.7. The topological polar surface area (TPSA) is 129 Å². The Bertz CT molecular complexity index is 1240. The fraction of sp³-hybridized carbons (Fsp3) is 0.409. The van der Waals surface area contributed by atoms with Crippen LogP contribution in [0.5, 0.6) is 0 Å². The van der Waals surface area contributed by atoms with E-state index >= 15 is 0 Å². The largest absolute Gasteiger partial charge is 0.462 e. The molecule has 3 rings (SSSR count). The standard InChI is InChI=1S/C22H27N5O4S3/c1-7-31-21(30)16-12(5)17(18(23)29)34-20(16)24-15(28)9-33-22-26-25-19(27(22)10(2)3)14-8-32-13(6)11(14)4/h8,10H,7,9H2,1-6H3,(H2,23,29)(H,24,28). The molecular weight excluding hydrogens is 494 g/mol. The summed E-state index contributed by atoms with van der Waals surface area (Å²) in [5.41, 5.74) is 8.17. The van der Waals surface area contributed by atoms with Crippen molar-refractivity contribution in [2.45, 2.75) is 52.7 Å². The summed E-state index contributed by atoms with van der Waals surface area (Å²) >= 11 is 3.88. The van der Waals surface area contributed by atoms with Crippen LogP contribution in [0, 0.1) is 20.8 Å². The van der Waals surface area contributed by atoms with E-state index in [9.17, 15) is 14.4 Å². The second-order valence-electron chi connectivity index (χ2n) is 7.78. The number of thioether (sulfide) groups is 1. The summed E-state index contributed by atoms with van der Waals surface area (Å²) in [5, 5.41) is 14.4. The molecule has 0 bridgehead atoms. The number of amides is 2. The van der Waals surface area contributed by atoms with Crippen molar-refractivity contribution in [1.82, 2.24) is 14.8 Å². The third-order valence-corrected chi connectivity index (χ3v) is 8.32. The lowest BCUT2D eigenvalue weighted by molar-refractivity contribution is -0.113. The van der Waals surface area contributed by atoms with E-state index in [2.05, 4.69) is 34.7 Å². The Morgan fingerprint density at radius 1 is 1.21 bits per heavy atom. The van der Waals surface area contributed by atoms with Gasteiger partial charge < -0.3 is 15.8 Å². The Balaban J connectivity index is 1.81. The number of nitrogens with two attached hydrogens (primary N) is 1. The predicted octanol–water partition coefficient (Wildman–Crippen LogP) is 4.58. The van der Waals surface area contributed by atoms with Gasteiger partial charge in [-0.2, -0.15) is 0 Å². The Labute approximate surface area is 210 Å². The van der Waals surface area contributed by atoms with Gasteiger partial charge in [0, 0.05) is 21.9 Å². The van der Waals surface area contributed by atoms with Crippen molar-refractivity contribution in [1.29, 1.82) is 0 Å². The normalized spacial score (nSPS) is 11.1. The van der Waals surface area contributed by atoms with Gasteiger partial charge in [-0.25, -0.2) is 4.79 Å². The molecule has 0 radical (unpaired) electrons. The van der Waals surface area contributed by atoms with Crippen molar-refractivity contribution in [2.75, 3.05) is 17.7 Å². The third-order valence-electron chi connectivity index (χ3n) is 5.14. The summed E-state index contributed by atoms with van der Waals surface area (Å²) in [7, 11) is 0. The smallest absolute Gasteiger partial charge is 0.341 e. The SMILES string of the molecule is CCOC(=O)c1c(NC(=O)CSc2nnc(-c3csc(C)c3C)n2C(C)C)sc(C(N)=O)c1C. The van der Waals surface area contributed by atoms with Crippen LogP contribution < -0.4 is 11.1 Å². The number of nitrogens with one attached hydrogen (secondary N) is 1. The molecule has 2 amide bonds. The average molecular weight is 522 g/mol. The lowest BCUT2D eigenvalue weighted by Crippen LogP contribution is -2.17. The highest BCUT2D eigenvalue weighted by atomic mass is 32.2. The molecule has 3 aromatic heterocycles. The monoisotopic (exact) mass is 521 g/mol. The van der Waals surface area contributed by atoms with E-state index in [4.69, 9.17) is 10.5 Å². The molecule has 182 valence electrons. The number of thiophene rings is 2. The summed E-state index contributed by atoms with van der Waals surface area (Å²) in [6.07, 6.45) is 0. The van der Waals surface area contributed by atoms with Crippen molar-refractivity contribution in [2.24, 2.45) is 5.73 Å². The molecule has 3 N–H and O–H groups in total. The molecule has 3 aromatic rings. The number of rotatable bonds is 9. The number of hydrogen-bond donors (Lipinski definition) is 2. The minimum Gasteiger partial charge on any atom is -0.462 e. The number of anilines is 1. The highest BCUT2D eigenvalue weighted by molar-refractivity contribution is 7.99. The van der Waals surface area contributed by atoms with Crippen molar-refractivity contribution in [3.8, 4) is 11.4 Å². The fourth-order valence-corrected chi connectivity index (χ4v) is 6.13. The van der Waals surface area contributed by atoms with Gasteiger partial charge in [-0.05, 0) is 52.7 Å². The van der Waals surface area contributed by atoms with Crippen LogP contribution in [-0.4, -0.2) is 44.9 Å². The van der Waals surface area contributed by atoms with Crippen molar-refractivity contribution >= 4 is 57.2 Å². The molecular formula is C22H27N5O4S3. The van der Waals surface area contributed by atoms with Crippen LogP contribution in [0.3, 0.4) is 0 Å². The highest BCUT2D eigenvalue weighted by Gasteiger charge is 2.26. The molecule has 0 fully saturated rings. The maximum absolute atomic E-state index is 12.8. The summed E-state index contributed by atoms with van der Waals surface area (Å²) in [6.45, 7) is 11.7. The number of hydrogen-bond acceptors (Lipinski definition) is 9. The molecule has 12 heteroatoms. The molecule has 0 saturated heterocycles. The highest BCUT2D eigenvalue weighted by Crippen LogP contribution is 2.35. The number of carbonyl (C=O) groups is 3. The first kappa shape index (κ1) is 25.9. The molecule has 0 aliphatic rings. The zero-order valence-electron chi connectivity index (χ0n) is 19.8. The Hall–Kier alpha value is -2.70. The molecule has 3 heterocycles. The zero-order chi connectivity index (χ0) is 25.2. The molecule has 0 aliphatic heterocycles. The first-order valence-electron chi connectivity index (χ1n) is 10.6. The number of carbonyl (C=O) groups excluding carboxylic acids is 3. The van der Waals surface area contributed by atoms with Gasteiger partial charge in [-0.15, -0.1) is 32.9 Å². The van der Waals surface area contributed by atoms with E-state index in [-0.39, 0.29) is 39.8 Å². The Morgan fingerprint density at radius 3 is 2.47 bits per heavy atom. The summed E-state index contributed by atoms with van der Waals surface area (Å²) in [5.74, 6) is -0.825. The first-order chi connectivity index (χ1) is 16.1. The summed E-state index contributed by atoms with van der Waals surface area (Å²) < 4.78 is 7.10. The van der Waals surface area contributed by atoms with E-state index in [0.29, 0.717) is 10.7 Å². The molecule has 0 spiro atoms. The number of aryl methyl sites for hydroxylation is 1. The molecule has 0 saturated carbocycles. The van der Waals surface area contributed by atoms with Crippen LogP contribution in [0.4, 0.5) is 5.00 Å². The molecule has 34 heavy (non-hydrogen) atoms. The van der Waals surface area contributed by atoms with E-state index in [1.807, 2.05) is 18.4 Å². The number of aromatic nitrogens is 3. The Kier molecular flexibility index (Phi) is 8.16. The van der Waals surface area contributed by atoms with Gasteiger partial charge in [0.25, 0.3) is 5.91 Å². The minimum atomic E-state index is -0.667. The molecule has 0 unspecified atom stereocenters. The number of nitrogens with zero attached hydrogens (tertiary/aromatic N) is 3. The Morgan fingerprint density at radius 2 is 1.91 bits per heavy atom. The molecule has 0 atom stereocenters. The maximum atomic E-state index is 12.8. The van der Waals surface area contributed by atoms with E-state index in [1.165, 1.54) is 22.2 Å². The quantitative estimate of drug-likeness (QED) is 0.311. The summed E-state index contributed by atoms with van der Waals surface area (Å²) in [6, 6.07) is 0.0867. The average Bonchev–Trinajstić information content (AvgIpc) is 3.42. The number of ether oxygens (including phenoxy) is 1. The second-order valence-corrected chi connectivity index (χ2v) is 10.8. The van der Waals surface area contributed by atoms with Gasteiger partial charge in [0.1, 0.15) is 5.00 Å². The van der Waals surface area contributed by atoms with Crippen LogP contribution in [0.15, 0.2) is 10.5 Å². The fourth-order valence-electron chi connectivity index (χ4n) is 3.34. The van der Waals surface area contributed by atoms with Gasteiger partial charge in [-0.3, -0.25) is 14.2 Å². The van der Waals surface area contributed by atoms with Crippen molar-refractivity contribution in [3.63, 3.8) is 0 Å². The summed E-state index contributed by atoms with van der Waals surface area (Å²) in [4.78, 5) is 38.4. The lowest BCUT2D eigenvalue weighted by Gasteiger charge is -2.13. The van der Waals surface area contributed by atoms with Crippen LogP contribution in [-0.2, 0) is 9.53 Å². The molecule has 0 aliphatic carbocycles. The van der Waals surface area contributed by atoms with Crippen molar-refractivity contribution in [3.05, 3.63) is 31.8 Å². The maximum Gasteiger partial charge on any atom is 0.341 e. The van der Waals surface area contributed by atoms with Crippen molar-refractivity contribution < 1.29 is 19.1 Å². The van der Waals surface area contributed by atoms with Crippen LogP contribution in [0.25, 0.3) is 11.4 Å². The van der Waals surface area contributed by atoms with Gasteiger partial charge >= 0.3 is 5.97 Å². The predicted molar refractivity (Wildman–Crippen MR) is 136 cm³/mol. The third kappa shape index (κ3) is 5.18. The van der Waals surface area contributed by atoms with E-state index < -0.39 is 11.9 Å². The van der Waals surface area contributed by atoms with Gasteiger partial charge in [0.15, 0.2) is 11.0 Å². The lowest BCUT2D eigenvalue weighted by atomic mass is 10.1. The molecule has 0 aromatic carbocycles. The van der Waals surface area contributed by atoms with E-state index in [1.54, 1.807) is 25.2 Å². The number of primary amides is 1. The van der Waals surface area contributed by atoms with Gasteiger partial charge in [0.05, 0.1) is 22.8 Å². The van der Waals surface area contributed by atoms with Gasteiger partial charge in [0.2, 0.25) is 5.91 Å². The first-order valence-corrected chi connectivity index (χ1v) is 13.3. The minimum absolute atomic E-state index is 0.0393. The number of esters is 1. The van der Waals surface area contributed by atoms with Gasteiger partial charge in [-0.1, -0.05) is 11.8 Å². The van der Waals surface area contributed by atoms with E-state index in [0.717, 1.165) is 22.7 Å².